The van der Waals surface area contributed by atoms with Gasteiger partial charge < -0.3 is 4.74 Å². The molecule has 5 aromatic carbocycles. The maximum atomic E-state index is 15.1. The van der Waals surface area contributed by atoms with Crippen molar-refractivity contribution in [1.29, 1.82) is 0 Å². The number of hydrogen-bond donors (Lipinski definition) is 0. The largest absolute Gasteiger partial charge is 0.429 e. The molecule has 0 atom stereocenters. The van der Waals surface area contributed by atoms with Crippen molar-refractivity contribution >= 4 is 6.08 Å². The van der Waals surface area contributed by atoms with Gasteiger partial charge in [0.05, 0.1) is 5.56 Å². The molecule has 1 nitrogen and oxygen atoms in total. The summed E-state index contributed by atoms with van der Waals surface area (Å²) >= 11 is 0. The second kappa shape index (κ2) is 14.8. The molecule has 5 aromatic rings. The second-order valence-electron chi connectivity index (χ2n) is 11.5. The molecule has 0 fully saturated rings. The normalized spacial score (nSPS) is 12.1. The Bertz CT molecular complexity index is 1990. The highest BCUT2D eigenvalue weighted by molar-refractivity contribution is 5.73. The van der Waals surface area contributed by atoms with Gasteiger partial charge in [0.1, 0.15) is 34.8 Å². The summed E-state index contributed by atoms with van der Waals surface area (Å²) in [7, 11) is 0. The summed E-state index contributed by atoms with van der Waals surface area (Å²) in [5, 5.41) is 0. The van der Waals surface area contributed by atoms with Crippen LogP contribution >= 0.6 is 0 Å². The lowest BCUT2D eigenvalue weighted by molar-refractivity contribution is -0.187. The molecular formula is C39H28F10O. The Morgan fingerprint density at radius 2 is 1.12 bits per heavy atom. The summed E-state index contributed by atoms with van der Waals surface area (Å²) in [5.74, 6) is -6.80. The number of halogens is 10. The van der Waals surface area contributed by atoms with Crippen LogP contribution in [0.4, 0.5) is 43.9 Å². The van der Waals surface area contributed by atoms with E-state index in [1.807, 2.05) is 12.1 Å². The van der Waals surface area contributed by atoms with E-state index in [-0.39, 0.29) is 34.4 Å². The number of allylic oxidation sites excluding steroid dienone is 1. The van der Waals surface area contributed by atoms with Crippen molar-refractivity contribution in [3.63, 3.8) is 0 Å². The maximum absolute atomic E-state index is 15.1. The van der Waals surface area contributed by atoms with E-state index in [4.69, 9.17) is 4.74 Å². The molecule has 0 aliphatic heterocycles. The fraction of sp³-hybridized carbons (Fsp3) is 0.179. The first-order valence-corrected chi connectivity index (χ1v) is 15.5. The molecule has 0 saturated heterocycles. The average Bonchev–Trinajstić information content (AvgIpc) is 3.04. The molecule has 0 radical (unpaired) electrons. The summed E-state index contributed by atoms with van der Waals surface area (Å²) in [4.78, 5) is 0. The Labute approximate surface area is 281 Å². The molecule has 0 amide bonds. The van der Waals surface area contributed by atoms with E-state index < -0.39 is 58.2 Å². The quantitative estimate of drug-likeness (QED) is 0.0984. The molecule has 0 N–H and O–H groups in total. The number of aryl methyl sites for hydroxylation is 1. The van der Waals surface area contributed by atoms with Crippen molar-refractivity contribution in [1.82, 2.24) is 0 Å². The van der Waals surface area contributed by atoms with Crippen LogP contribution in [-0.2, 0) is 12.5 Å². The Morgan fingerprint density at radius 3 is 1.72 bits per heavy atom. The first-order valence-electron chi connectivity index (χ1n) is 15.5. The SMILES string of the molecule is CCCCCc1ccc(-c2ccc(C(F)(F)Oc3ccc(-c4ccc(-c5cc(F)c(/C=C/C(F)(F)F)c(F)c5)c(F)c4)c(F)c3)c(F)c2)cc1. The topological polar surface area (TPSA) is 9.23 Å². The highest BCUT2D eigenvalue weighted by atomic mass is 19.4. The molecule has 0 aliphatic carbocycles. The van der Waals surface area contributed by atoms with Crippen LogP contribution in [0.25, 0.3) is 39.5 Å². The highest BCUT2D eigenvalue weighted by Gasteiger charge is 2.38. The van der Waals surface area contributed by atoms with Crippen molar-refractivity contribution in [2.45, 2.75) is 44.9 Å². The predicted molar refractivity (Wildman–Crippen MR) is 172 cm³/mol. The molecule has 50 heavy (non-hydrogen) atoms. The monoisotopic (exact) mass is 702 g/mol. The first-order chi connectivity index (χ1) is 23.6. The third-order valence-electron chi connectivity index (χ3n) is 7.93. The van der Waals surface area contributed by atoms with Crippen LogP contribution in [0.1, 0.15) is 42.9 Å². The van der Waals surface area contributed by atoms with E-state index >= 15 is 17.6 Å². The summed E-state index contributed by atoms with van der Waals surface area (Å²) in [6.45, 7) is 2.11. The van der Waals surface area contributed by atoms with E-state index in [0.717, 1.165) is 67.6 Å². The summed E-state index contributed by atoms with van der Waals surface area (Å²) in [6, 6.07) is 17.5. The number of rotatable bonds is 11. The van der Waals surface area contributed by atoms with Gasteiger partial charge in [-0.3, -0.25) is 0 Å². The van der Waals surface area contributed by atoms with Gasteiger partial charge in [0.2, 0.25) is 0 Å². The lowest BCUT2D eigenvalue weighted by Crippen LogP contribution is -2.23. The van der Waals surface area contributed by atoms with E-state index in [9.17, 15) is 26.3 Å². The van der Waals surface area contributed by atoms with Crippen LogP contribution in [0.2, 0.25) is 0 Å². The van der Waals surface area contributed by atoms with Gasteiger partial charge in [0.25, 0.3) is 0 Å². The molecule has 0 spiro atoms. The highest BCUT2D eigenvalue weighted by Crippen LogP contribution is 2.37. The molecule has 0 unspecified atom stereocenters. The molecular weight excluding hydrogens is 674 g/mol. The van der Waals surface area contributed by atoms with Crippen LogP contribution in [0.15, 0.2) is 97.1 Å². The van der Waals surface area contributed by atoms with Crippen molar-refractivity contribution in [3.8, 4) is 39.1 Å². The van der Waals surface area contributed by atoms with Gasteiger partial charge in [0, 0.05) is 28.8 Å². The number of alkyl halides is 5. The fourth-order valence-corrected chi connectivity index (χ4v) is 5.36. The number of ether oxygens (including phenoxy) is 1. The zero-order chi connectivity index (χ0) is 36.2. The molecule has 0 aromatic heterocycles. The third kappa shape index (κ3) is 8.56. The fourth-order valence-electron chi connectivity index (χ4n) is 5.36. The number of benzene rings is 5. The van der Waals surface area contributed by atoms with E-state index in [0.29, 0.717) is 29.3 Å². The standard InChI is InChI=1S/C39H28F10O/c1-2-3-4-5-23-6-8-24(9-7-23)25-11-15-32(37(44)18-25)39(48,49)50-28-12-14-29(36(43)22-28)26-10-13-30(33(40)19-26)27-20-34(41)31(35(42)21-27)16-17-38(45,46)47/h6-22H,2-5H2,1H3/b17-16+. The van der Waals surface area contributed by atoms with Crippen LogP contribution in [0, 0.1) is 29.1 Å². The zero-order valence-electron chi connectivity index (χ0n) is 26.3. The Hall–Kier alpha value is -5.06. The van der Waals surface area contributed by atoms with E-state index in [2.05, 4.69) is 6.92 Å². The first kappa shape index (κ1) is 36.2. The van der Waals surface area contributed by atoms with Gasteiger partial charge >= 0.3 is 12.3 Å². The summed E-state index contributed by atoms with van der Waals surface area (Å²) in [5.41, 5.74) is -0.933. The predicted octanol–water partition coefficient (Wildman–Crippen LogP) is 12.8. The van der Waals surface area contributed by atoms with E-state index in [1.165, 1.54) is 12.1 Å². The van der Waals surface area contributed by atoms with Gasteiger partial charge in [-0.25, -0.2) is 22.0 Å². The summed E-state index contributed by atoms with van der Waals surface area (Å²) in [6.07, 6.45) is -5.03. The maximum Gasteiger partial charge on any atom is 0.429 e. The van der Waals surface area contributed by atoms with Gasteiger partial charge in [-0.1, -0.05) is 62.2 Å². The van der Waals surface area contributed by atoms with Crippen LogP contribution in [0.5, 0.6) is 5.75 Å². The van der Waals surface area contributed by atoms with E-state index in [1.54, 1.807) is 12.1 Å². The second-order valence-corrected chi connectivity index (χ2v) is 11.5. The lowest BCUT2D eigenvalue weighted by atomic mass is 9.98. The molecule has 0 bridgehead atoms. The summed E-state index contributed by atoms with van der Waals surface area (Å²) < 4.78 is 146. The molecule has 0 heterocycles. The van der Waals surface area contributed by atoms with Gasteiger partial charge in [-0.15, -0.1) is 0 Å². The van der Waals surface area contributed by atoms with Gasteiger partial charge in [0.15, 0.2) is 0 Å². The number of hydrogen-bond acceptors (Lipinski definition) is 1. The number of unbranched alkanes of at least 4 members (excludes halogenated alkanes) is 2. The van der Waals surface area contributed by atoms with Gasteiger partial charge in [-0.2, -0.15) is 22.0 Å². The Kier molecular flexibility index (Phi) is 10.7. The van der Waals surface area contributed by atoms with Crippen LogP contribution < -0.4 is 4.74 Å². The average molecular weight is 703 g/mol. The van der Waals surface area contributed by atoms with Crippen molar-refractivity contribution in [2.75, 3.05) is 0 Å². The molecule has 11 heteroatoms. The minimum absolute atomic E-state index is 0.0802. The van der Waals surface area contributed by atoms with Crippen LogP contribution in [0.3, 0.4) is 0 Å². The minimum Gasteiger partial charge on any atom is -0.429 e. The van der Waals surface area contributed by atoms with Crippen LogP contribution in [-0.4, -0.2) is 6.18 Å². The zero-order valence-corrected chi connectivity index (χ0v) is 26.3. The van der Waals surface area contributed by atoms with Crippen molar-refractivity contribution in [3.05, 3.63) is 143 Å². The van der Waals surface area contributed by atoms with Crippen molar-refractivity contribution in [2.24, 2.45) is 0 Å². The molecule has 0 aliphatic rings. The Balaban J connectivity index is 1.31. The third-order valence-corrected chi connectivity index (χ3v) is 7.93. The van der Waals surface area contributed by atoms with Crippen molar-refractivity contribution < 1.29 is 48.6 Å². The minimum atomic E-state index is -4.81. The molecule has 0 saturated carbocycles. The van der Waals surface area contributed by atoms with Gasteiger partial charge in [-0.05, 0) is 89.2 Å². The lowest BCUT2D eigenvalue weighted by Gasteiger charge is -2.20. The molecule has 5 rings (SSSR count). The molecule has 260 valence electrons. The smallest absolute Gasteiger partial charge is 0.429 e. The Morgan fingerprint density at radius 1 is 0.560 bits per heavy atom.